The summed E-state index contributed by atoms with van der Waals surface area (Å²) >= 11 is 6.12. The van der Waals surface area contributed by atoms with Crippen molar-refractivity contribution in [1.29, 1.82) is 0 Å². The molecule has 1 atom stereocenters. The van der Waals surface area contributed by atoms with Crippen molar-refractivity contribution in [2.24, 2.45) is 5.92 Å². The molecule has 4 heteroatoms. The number of halogens is 1. The van der Waals surface area contributed by atoms with E-state index in [2.05, 4.69) is 5.32 Å². The zero-order valence-electron chi connectivity index (χ0n) is 10.0. The standard InChI is InChI=1S/C13H18ClNO2/c1-16-11-4-5-12(14)13(7-11)15-8-10-3-2-6-17-9-10/h4-5,7,10,15H,2-3,6,8-9H2,1H3. The molecule has 1 unspecified atom stereocenters. The minimum absolute atomic E-state index is 0.575. The van der Waals surface area contributed by atoms with Gasteiger partial charge in [-0.05, 0) is 30.9 Å². The fraction of sp³-hybridized carbons (Fsp3) is 0.538. The van der Waals surface area contributed by atoms with Gasteiger partial charge in [-0.1, -0.05) is 11.6 Å². The van der Waals surface area contributed by atoms with Crippen molar-refractivity contribution in [3.63, 3.8) is 0 Å². The summed E-state index contributed by atoms with van der Waals surface area (Å²) < 4.78 is 10.6. The second-order valence-corrected chi connectivity index (χ2v) is 4.72. The number of benzene rings is 1. The lowest BCUT2D eigenvalue weighted by atomic mass is 10.0. The van der Waals surface area contributed by atoms with E-state index in [0.29, 0.717) is 5.92 Å². The van der Waals surface area contributed by atoms with E-state index in [1.807, 2.05) is 18.2 Å². The molecule has 1 saturated heterocycles. The third-order valence-electron chi connectivity index (χ3n) is 3.01. The Morgan fingerprint density at radius 3 is 3.12 bits per heavy atom. The van der Waals surface area contributed by atoms with Crippen LogP contribution in [0.25, 0.3) is 0 Å². The number of anilines is 1. The first-order chi connectivity index (χ1) is 8.29. The van der Waals surface area contributed by atoms with E-state index in [-0.39, 0.29) is 0 Å². The predicted molar refractivity (Wildman–Crippen MR) is 70.0 cm³/mol. The van der Waals surface area contributed by atoms with Crippen LogP contribution in [0.3, 0.4) is 0 Å². The molecule has 0 aromatic heterocycles. The van der Waals surface area contributed by atoms with E-state index in [1.165, 1.54) is 6.42 Å². The topological polar surface area (TPSA) is 30.5 Å². The van der Waals surface area contributed by atoms with Gasteiger partial charge in [0, 0.05) is 19.2 Å². The highest BCUT2D eigenvalue weighted by Gasteiger charge is 2.14. The second kappa shape index (κ2) is 6.12. The Hall–Kier alpha value is -0.930. The number of methoxy groups -OCH3 is 1. The summed E-state index contributed by atoms with van der Waals surface area (Å²) in [6.07, 6.45) is 2.37. The highest BCUT2D eigenvalue weighted by molar-refractivity contribution is 6.33. The van der Waals surface area contributed by atoms with Gasteiger partial charge in [0.25, 0.3) is 0 Å². The van der Waals surface area contributed by atoms with Crippen molar-refractivity contribution >= 4 is 17.3 Å². The normalized spacial score (nSPS) is 20.0. The lowest BCUT2D eigenvalue weighted by molar-refractivity contribution is 0.0595. The van der Waals surface area contributed by atoms with Crippen LogP contribution in [0.4, 0.5) is 5.69 Å². The lowest BCUT2D eigenvalue weighted by Gasteiger charge is -2.23. The van der Waals surface area contributed by atoms with Crippen molar-refractivity contribution in [2.75, 3.05) is 32.2 Å². The first-order valence-electron chi connectivity index (χ1n) is 5.95. The molecular formula is C13H18ClNO2. The van der Waals surface area contributed by atoms with E-state index >= 15 is 0 Å². The smallest absolute Gasteiger partial charge is 0.121 e. The molecular weight excluding hydrogens is 238 g/mol. The number of nitrogens with one attached hydrogen (secondary N) is 1. The van der Waals surface area contributed by atoms with Crippen LogP contribution in [-0.4, -0.2) is 26.9 Å². The Bertz CT molecular complexity index is 364. The third kappa shape index (κ3) is 3.51. The molecule has 1 aromatic carbocycles. The van der Waals surface area contributed by atoms with Crippen molar-refractivity contribution in [2.45, 2.75) is 12.8 Å². The molecule has 1 heterocycles. The number of hydrogen-bond acceptors (Lipinski definition) is 3. The van der Waals surface area contributed by atoms with Crippen molar-refractivity contribution in [1.82, 2.24) is 0 Å². The summed E-state index contributed by atoms with van der Waals surface area (Å²) in [5.41, 5.74) is 0.927. The number of rotatable bonds is 4. The average Bonchev–Trinajstić information content (AvgIpc) is 2.39. The Labute approximate surface area is 107 Å². The maximum Gasteiger partial charge on any atom is 0.121 e. The summed E-state index contributed by atoms with van der Waals surface area (Å²) in [5.74, 6) is 1.39. The largest absolute Gasteiger partial charge is 0.497 e. The van der Waals surface area contributed by atoms with Crippen LogP contribution in [0, 0.1) is 5.92 Å². The third-order valence-corrected chi connectivity index (χ3v) is 3.34. The minimum atomic E-state index is 0.575. The summed E-state index contributed by atoms with van der Waals surface area (Å²) in [4.78, 5) is 0. The summed E-state index contributed by atoms with van der Waals surface area (Å²) in [5, 5.41) is 4.09. The SMILES string of the molecule is COc1ccc(Cl)c(NCC2CCCOC2)c1. The maximum atomic E-state index is 6.12. The molecule has 2 rings (SSSR count). The second-order valence-electron chi connectivity index (χ2n) is 4.31. The fourth-order valence-electron chi connectivity index (χ4n) is 1.99. The number of hydrogen-bond donors (Lipinski definition) is 1. The van der Waals surface area contributed by atoms with Gasteiger partial charge in [-0.15, -0.1) is 0 Å². The van der Waals surface area contributed by atoms with Crippen molar-refractivity contribution in [3.8, 4) is 5.75 Å². The molecule has 0 radical (unpaired) electrons. The first kappa shape index (κ1) is 12.5. The van der Waals surface area contributed by atoms with Crippen LogP contribution >= 0.6 is 11.6 Å². The van der Waals surface area contributed by atoms with Crippen LogP contribution in [0.15, 0.2) is 18.2 Å². The van der Waals surface area contributed by atoms with Crippen LogP contribution in [0.2, 0.25) is 5.02 Å². The summed E-state index contributed by atoms with van der Waals surface area (Å²) in [6, 6.07) is 5.63. The average molecular weight is 256 g/mol. The Morgan fingerprint density at radius 1 is 1.53 bits per heavy atom. The monoisotopic (exact) mass is 255 g/mol. The van der Waals surface area contributed by atoms with Gasteiger partial charge in [0.1, 0.15) is 5.75 Å². The summed E-state index contributed by atoms with van der Waals surface area (Å²) in [7, 11) is 1.65. The van der Waals surface area contributed by atoms with Gasteiger partial charge in [0.05, 0.1) is 24.4 Å². The van der Waals surface area contributed by atoms with Crippen LogP contribution < -0.4 is 10.1 Å². The molecule has 1 aliphatic heterocycles. The van der Waals surface area contributed by atoms with Gasteiger partial charge in [-0.25, -0.2) is 0 Å². The highest BCUT2D eigenvalue weighted by atomic mass is 35.5. The molecule has 1 aliphatic rings. The molecule has 0 saturated carbocycles. The van der Waals surface area contributed by atoms with Gasteiger partial charge in [0.2, 0.25) is 0 Å². The van der Waals surface area contributed by atoms with E-state index in [1.54, 1.807) is 7.11 Å². The van der Waals surface area contributed by atoms with Gasteiger partial charge >= 0.3 is 0 Å². The predicted octanol–water partition coefficient (Wildman–Crippen LogP) is 3.19. The van der Waals surface area contributed by atoms with Gasteiger partial charge in [-0.3, -0.25) is 0 Å². The molecule has 0 spiro atoms. The fourth-order valence-corrected chi connectivity index (χ4v) is 2.17. The van der Waals surface area contributed by atoms with E-state index in [0.717, 1.165) is 42.6 Å². The molecule has 0 aliphatic carbocycles. The number of ether oxygens (including phenoxy) is 2. The lowest BCUT2D eigenvalue weighted by Crippen LogP contribution is -2.24. The zero-order valence-corrected chi connectivity index (χ0v) is 10.8. The Morgan fingerprint density at radius 2 is 2.41 bits per heavy atom. The summed E-state index contributed by atoms with van der Waals surface area (Å²) in [6.45, 7) is 2.64. The molecule has 1 aromatic rings. The van der Waals surface area contributed by atoms with E-state index < -0.39 is 0 Å². The van der Waals surface area contributed by atoms with Crippen LogP contribution in [0.5, 0.6) is 5.75 Å². The zero-order chi connectivity index (χ0) is 12.1. The Kier molecular flexibility index (Phi) is 4.51. The first-order valence-corrected chi connectivity index (χ1v) is 6.32. The minimum Gasteiger partial charge on any atom is -0.497 e. The van der Waals surface area contributed by atoms with Crippen LogP contribution in [-0.2, 0) is 4.74 Å². The van der Waals surface area contributed by atoms with E-state index in [9.17, 15) is 0 Å². The van der Waals surface area contributed by atoms with Gasteiger partial charge < -0.3 is 14.8 Å². The van der Waals surface area contributed by atoms with Crippen molar-refractivity contribution in [3.05, 3.63) is 23.2 Å². The quantitative estimate of drug-likeness (QED) is 0.896. The maximum absolute atomic E-state index is 6.12. The van der Waals surface area contributed by atoms with Gasteiger partial charge in [0.15, 0.2) is 0 Å². The molecule has 0 bridgehead atoms. The highest BCUT2D eigenvalue weighted by Crippen LogP contribution is 2.27. The van der Waals surface area contributed by atoms with Gasteiger partial charge in [-0.2, -0.15) is 0 Å². The molecule has 3 nitrogen and oxygen atoms in total. The van der Waals surface area contributed by atoms with E-state index in [4.69, 9.17) is 21.1 Å². The Balaban J connectivity index is 1.92. The molecule has 0 amide bonds. The van der Waals surface area contributed by atoms with Crippen LogP contribution in [0.1, 0.15) is 12.8 Å². The molecule has 17 heavy (non-hydrogen) atoms. The molecule has 1 fully saturated rings. The molecule has 94 valence electrons. The molecule has 1 N–H and O–H groups in total. The van der Waals surface area contributed by atoms with Crippen molar-refractivity contribution < 1.29 is 9.47 Å².